The number of esters is 1. The van der Waals surface area contributed by atoms with Gasteiger partial charge in [0.2, 0.25) is 0 Å². The van der Waals surface area contributed by atoms with Gasteiger partial charge in [-0.25, -0.2) is 9.48 Å². The van der Waals surface area contributed by atoms with Crippen LogP contribution in [0.3, 0.4) is 0 Å². The van der Waals surface area contributed by atoms with Gasteiger partial charge in [0.25, 0.3) is 5.56 Å². The van der Waals surface area contributed by atoms with Crippen LogP contribution in [0.1, 0.15) is 16.1 Å². The molecule has 0 saturated carbocycles. The van der Waals surface area contributed by atoms with Crippen LogP contribution in [0.4, 0.5) is 5.00 Å². The van der Waals surface area contributed by atoms with Crippen LogP contribution in [0, 0.1) is 6.92 Å². The SMILES string of the molecule is COC(=O)c1c(N)sc2c(C)nn(C)c(=O)c12. The van der Waals surface area contributed by atoms with Gasteiger partial charge in [-0.2, -0.15) is 5.10 Å². The fraction of sp³-hybridized carbons (Fsp3) is 0.300. The predicted molar refractivity (Wildman–Crippen MR) is 65.3 cm³/mol. The van der Waals surface area contributed by atoms with Crippen molar-refractivity contribution in [3.8, 4) is 0 Å². The highest BCUT2D eigenvalue weighted by Crippen LogP contribution is 2.32. The summed E-state index contributed by atoms with van der Waals surface area (Å²) in [5.74, 6) is -0.601. The van der Waals surface area contributed by atoms with Crippen molar-refractivity contribution in [2.24, 2.45) is 7.05 Å². The Morgan fingerprint density at radius 2 is 2.18 bits per heavy atom. The smallest absolute Gasteiger partial charge is 0.341 e. The average molecular weight is 253 g/mol. The lowest BCUT2D eigenvalue weighted by molar-refractivity contribution is 0.0604. The molecule has 0 saturated heterocycles. The number of fused-ring (bicyclic) bond motifs is 1. The number of anilines is 1. The fourth-order valence-corrected chi connectivity index (χ4v) is 2.68. The molecule has 0 aliphatic rings. The number of hydrogen-bond acceptors (Lipinski definition) is 6. The molecule has 0 unspecified atom stereocenters. The van der Waals surface area contributed by atoms with Gasteiger partial charge in [0, 0.05) is 7.05 Å². The molecule has 17 heavy (non-hydrogen) atoms. The number of nitrogens with two attached hydrogens (primary N) is 1. The van der Waals surface area contributed by atoms with Gasteiger partial charge >= 0.3 is 5.97 Å². The van der Waals surface area contributed by atoms with E-state index in [1.165, 1.54) is 30.2 Å². The topological polar surface area (TPSA) is 87.2 Å². The van der Waals surface area contributed by atoms with Crippen LogP contribution in [0.2, 0.25) is 0 Å². The lowest BCUT2D eigenvalue weighted by Gasteiger charge is -2.01. The van der Waals surface area contributed by atoms with Gasteiger partial charge in [0.05, 0.1) is 22.9 Å². The van der Waals surface area contributed by atoms with Gasteiger partial charge in [-0.1, -0.05) is 0 Å². The number of aryl methyl sites for hydroxylation is 2. The molecule has 90 valence electrons. The van der Waals surface area contributed by atoms with E-state index in [4.69, 9.17) is 5.73 Å². The number of rotatable bonds is 1. The summed E-state index contributed by atoms with van der Waals surface area (Å²) in [6.45, 7) is 1.76. The maximum atomic E-state index is 12.0. The number of methoxy groups -OCH3 is 1. The minimum absolute atomic E-state index is 0.138. The van der Waals surface area contributed by atoms with E-state index in [9.17, 15) is 9.59 Å². The van der Waals surface area contributed by atoms with Crippen LogP contribution in [-0.2, 0) is 11.8 Å². The van der Waals surface area contributed by atoms with E-state index in [0.29, 0.717) is 10.4 Å². The Kier molecular flexibility index (Phi) is 2.62. The summed E-state index contributed by atoms with van der Waals surface area (Å²) in [6, 6.07) is 0. The first-order chi connectivity index (χ1) is 7.97. The van der Waals surface area contributed by atoms with Crippen molar-refractivity contribution in [3.63, 3.8) is 0 Å². The van der Waals surface area contributed by atoms with E-state index in [1.54, 1.807) is 6.92 Å². The summed E-state index contributed by atoms with van der Waals surface area (Å²) in [4.78, 5) is 23.6. The molecule has 0 fully saturated rings. The number of hydrogen-bond donors (Lipinski definition) is 1. The van der Waals surface area contributed by atoms with Crippen LogP contribution in [0.5, 0.6) is 0 Å². The molecule has 0 aromatic carbocycles. The molecule has 2 aromatic rings. The van der Waals surface area contributed by atoms with Crippen LogP contribution < -0.4 is 11.3 Å². The summed E-state index contributed by atoms with van der Waals surface area (Å²) in [5.41, 5.74) is 6.21. The number of nitrogens with zero attached hydrogens (tertiary/aromatic N) is 2. The molecule has 2 N–H and O–H groups in total. The fourth-order valence-electron chi connectivity index (χ4n) is 1.69. The van der Waals surface area contributed by atoms with Crippen molar-refractivity contribution < 1.29 is 9.53 Å². The van der Waals surface area contributed by atoms with Gasteiger partial charge in [0.15, 0.2) is 0 Å². The minimum atomic E-state index is -0.601. The van der Waals surface area contributed by atoms with E-state index in [1.807, 2.05) is 0 Å². The highest BCUT2D eigenvalue weighted by atomic mass is 32.1. The Labute approximate surface area is 101 Å². The average Bonchev–Trinajstić information content (AvgIpc) is 2.63. The van der Waals surface area contributed by atoms with E-state index in [-0.39, 0.29) is 21.5 Å². The first-order valence-electron chi connectivity index (χ1n) is 4.81. The highest BCUT2D eigenvalue weighted by molar-refractivity contribution is 7.23. The molecule has 0 aliphatic heterocycles. The standard InChI is InChI=1S/C10H11N3O3S/c1-4-7-5(9(14)13(2)12-4)6(8(11)17-7)10(15)16-3/h11H2,1-3H3. The second kappa shape index (κ2) is 3.85. The zero-order chi connectivity index (χ0) is 12.7. The van der Waals surface area contributed by atoms with E-state index in [2.05, 4.69) is 9.84 Å². The molecule has 0 atom stereocenters. The van der Waals surface area contributed by atoms with Gasteiger partial charge in [-0.15, -0.1) is 11.3 Å². The molecule has 0 spiro atoms. The molecular weight excluding hydrogens is 242 g/mol. The van der Waals surface area contributed by atoms with Crippen molar-refractivity contribution in [1.82, 2.24) is 9.78 Å². The van der Waals surface area contributed by atoms with Crippen molar-refractivity contribution in [1.29, 1.82) is 0 Å². The van der Waals surface area contributed by atoms with Crippen molar-refractivity contribution in [2.75, 3.05) is 12.8 Å². The molecule has 2 rings (SSSR count). The normalized spacial score (nSPS) is 10.8. The third kappa shape index (κ3) is 1.59. The molecular formula is C10H11N3O3S. The number of carbonyl (C=O) groups excluding carboxylic acids is 1. The second-order valence-corrected chi connectivity index (χ2v) is 4.60. The molecule has 7 heteroatoms. The van der Waals surface area contributed by atoms with Crippen molar-refractivity contribution >= 4 is 32.4 Å². The van der Waals surface area contributed by atoms with Gasteiger partial charge < -0.3 is 10.5 Å². The third-order valence-electron chi connectivity index (χ3n) is 2.46. The quantitative estimate of drug-likeness (QED) is 0.755. The molecule has 0 aliphatic carbocycles. The van der Waals surface area contributed by atoms with Gasteiger partial charge in [-0.3, -0.25) is 4.79 Å². The van der Waals surface area contributed by atoms with Crippen LogP contribution in [0.25, 0.3) is 10.1 Å². The first-order valence-corrected chi connectivity index (χ1v) is 5.63. The lowest BCUT2D eigenvalue weighted by atomic mass is 10.2. The number of carbonyl (C=O) groups is 1. The monoisotopic (exact) mass is 253 g/mol. The van der Waals surface area contributed by atoms with Crippen LogP contribution in [0.15, 0.2) is 4.79 Å². The summed E-state index contributed by atoms with van der Waals surface area (Å²) in [7, 11) is 2.79. The zero-order valence-corrected chi connectivity index (χ0v) is 10.4. The third-order valence-corrected chi connectivity index (χ3v) is 3.59. The number of aromatic nitrogens is 2. The Bertz CT molecular complexity index is 671. The summed E-state index contributed by atoms with van der Waals surface area (Å²) >= 11 is 1.17. The molecule has 0 amide bonds. The van der Waals surface area contributed by atoms with Crippen molar-refractivity contribution in [2.45, 2.75) is 6.92 Å². The minimum Gasteiger partial charge on any atom is -0.465 e. The molecule has 6 nitrogen and oxygen atoms in total. The summed E-state index contributed by atoms with van der Waals surface area (Å²) in [5, 5.41) is 4.61. The highest BCUT2D eigenvalue weighted by Gasteiger charge is 2.22. The predicted octanol–water partition coefficient (Wildman–Crippen LogP) is 0.672. The Morgan fingerprint density at radius 3 is 2.76 bits per heavy atom. The molecule has 2 heterocycles. The van der Waals surface area contributed by atoms with Gasteiger partial charge in [-0.05, 0) is 6.92 Å². The summed E-state index contributed by atoms with van der Waals surface area (Å²) < 4.78 is 6.46. The summed E-state index contributed by atoms with van der Waals surface area (Å²) in [6.07, 6.45) is 0. The van der Waals surface area contributed by atoms with Crippen LogP contribution >= 0.6 is 11.3 Å². The molecule has 0 bridgehead atoms. The molecule has 2 aromatic heterocycles. The second-order valence-electron chi connectivity index (χ2n) is 3.55. The van der Waals surface area contributed by atoms with E-state index >= 15 is 0 Å². The number of nitrogen functional groups attached to an aromatic ring is 1. The van der Waals surface area contributed by atoms with Gasteiger partial charge in [0.1, 0.15) is 10.6 Å². The van der Waals surface area contributed by atoms with Crippen LogP contribution in [-0.4, -0.2) is 22.9 Å². The largest absolute Gasteiger partial charge is 0.465 e. The van der Waals surface area contributed by atoms with Crippen molar-refractivity contribution in [3.05, 3.63) is 21.6 Å². The molecule has 0 radical (unpaired) electrons. The Balaban J connectivity index is 2.99. The Morgan fingerprint density at radius 1 is 1.53 bits per heavy atom. The van der Waals surface area contributed by atoms with E-state index < -0.39 is 5.97 Å². The zero-order valence-electron chi connectivity index (χ0n) is 9.60. The first kappa shape index (κ1) is 11.6. The number of ether oxygens (including phenoxy) is 1. The maximum Gasteiger partial charge on any atom is 0.341 e. The Hall–Kier alpha value is -1.89. The van der Waals surface area contributed by atoms with E-state index in [0.717, 1.165) is 0 Å². The lowest BCUT2D eigenvalue weighted by Crippen LogP contribution is -2.21. The maximum absolute atomic E-state index is 12.0. The number of thiophene rings is 1.